The number of carbonyl (C=O) groups is 2. The summed E-state index contributed by atoms with van der Waals surface area (Å²) >= 11 is 0. The molecule has 262 valence electrons. The third-order valence-electron chi connectivity index (χ3n) is 9.76. The standard InChI is InChI=1S/C41H43F2NO6/c1-26-9-5-7-11-33(26)35(34-12-8-6-10-27(34)2)22-31(46)23-44-24-36(30-15-18-37-38(21-30)49-25-48-37)39(28(3)45)40(44)29-13-16-32(17-14-29)47-19-20-50-41(4,42)43/h5-18,21,35-36,39-40H,19-20,22-25H2,1-4H3/t36-,39-,40+/m1/s1. The molecule has 0 amide bonds. The van der Waals surface area contributed by atoms with Crippen molar-refractivity contribution in [1.82, 2.24) is 4.90 Å². The number of aryl methyl sites for hydroxylation is 2. The summed E-state index contributed by atoms with van der Waals surface area (Å²) in [5.41, 5.74) is 6.31. The molecule has 0 radical (unpaired) electrons. The van der Waals surface area contributed by atoms with Crippen LogP contribution in [0.1, 0.15) is 71.5 Å². The average molecular weight is 684 g/mol. The fourth-order valence-electron chi connectivity index (χ4n) is 7.47. The van der Waals surface area contributed by atoms with E-state index in [1.807, 2.05) is 54.6 Å². The number of halogens is 2. The van der Waals surface area contributed by atoms with E-state index >= 15 is 0 Å². The Bertz CT molecular complexity index is 1780. The number of Topliss-reactive ketones (excluding diaryl/α,β-unsaturated/α-hetero) is 2. The number of nitrogens with zero attached hydrogens (tertiary/aromatic N) is 1. The molecule has 0 N–H and O–H groups in total. The van der Waals surface area contributed by atoms with E-state index in [-0.39, 0.29) is 50.0 Å². The first kappa shape index (κ1) is 35.2. The molecule has 1 fully saturated rings. The number of rotatable bonds is 14. The summed E-state index contributed by atoms with van der Waals surface area (Å²) in [6, 6.07) is 29.1. The maximum atomic E-state index is 14.3. The van der Waals surface area contributed by atoms with Gasteiger partial charge in [-0.25, -0.2) is 0 Å². The Morgan fingerprint density at radius 3 is 2.10 bits per heavy atom. The third-order valence-corrected chi connectivity index (χ3v) is 9.76. The molecular formula is C41H43F2NO6. The zero-order valence-corrected chi connectivity index (χ0v) is 28.9. The van der Waals surface area contributed by atoms with E-state index in [0.29, 0.717) is 37.1 Å². The van der Waals surface area contributed by atoms with E-state index in [4.69, 9.17) is 14.2 Å². The van der Waals surface area contributed by atoms with Gasteiger partial charge in [-0.05, 0) is 78.4 Å². The van der Waals surface area contributed by atoms with Crippen molar-refractivity contribution < 1.29 is 37.3 Å². The quantitative estimate of drug-likeness (QED) is 0.124. The molecule has 0 aliphatic carbocycles. The lowest BCUT2D eigenvalue weighted by atomic mass is 9.80. The van der Waals surface area contributed by atoms with Gasteiger partial charge in [0.25, 0.3) is 0 Å². The van der Waals surface area contributed by atoms with Crippen molar-refractivity contribution >= 4 is 11.6 Å². The van der Waals surface area contributed by atoms with Gasteiger partial charge in [-0.3, -0.25) is 14.5 Å². The van der Waals surface area contributed by atoms with Crippen molar-refractivity contribution in [2.24, 2.45) is 5.92 Å². The summed E-state index contributed by atoms with van der Waals surface area (Å²) in [4.78, 5) is 29.9. The lowest BCUT2D eigenvalue weighted by molar-refractivity contribution is -0.226. The van der Waals surface area contributed by atoms with Crippen LogP contribution in [-0.2, 0) is 14.3 Å². The van der Waals surface area contributed by atoms with Crippen LogP contribution in [0.25, 0.3) is 0 Å². The minimum atomic E-state index is -3.23. The van der Waals surface area contributed by atoms with Crippen LogP contribution >= 0.6 is 0 Å². The number of benzene rings is 4. The van der Waals surface area contributed by atoms with Crippen LogP contribution in [0.2, 0.25) is 0 Å². The Morgan fingerprint density at radius 2 is 1.48 bits per heavy atom. The molecule has 1 saturated heterocycles. The monoisotopic (exact) mass is 683 g/mol. The predicted octanol–water partition coefficient (Wildman–Crippen LogP) is 8.18. The number of hydrogen-bond donors (Lipinski definition) is 0. The smallest absolute Gasteiger partial charge is 0.353 e. The summed E-state index contributed by atoms with van der Waals surface area (Å²) in [5, 5.41) is 0. The van der Waals surface area contributed by atoms with Gasteiger partial charge >= 0.3 is 6.11 Å². The SMILES string of the molecule is CC(=O)[C@@H]1[C@@H](c2ccc3c(c2)OCO3)CN(CC(=O)CC(c2ccccc2C)c2ccccc2C)[C@H]1c1ccc(OCCOC(C)(F)F)cc1. The molecule has 3 atom stereocenters. The molecular weight excluding hydrogens is 640 g/mol. The van der Waals surface area contributed by atoms with E-state index in [0.717, 1.165) is 33.4 Å². The Morgan fingerprint density at radius 1 is 0.860 bits per heavy atom. The maximum Gasteiger partial charge on any atom is 0.353 e. The molecule has 2 aliphatic rings. The Hall–Kier alpha value is -4.60. The Kier molecular flexibility index (Phi) is 10.6. The van der Waals surface area contributed by atoms with Gasteiger partial charge in [0.05, 0.1) is 13.2 Å². The van der Waals surface area contributed by atoms with Crippen LogP contribution in [0.3, 0.4) is 0 Å². The van der Waals surface area contributed by atoms with Crippen LogP contribution < -0.4 is 14.2 Å². The van der Waals surface area contributed by atoms with Crippen molar-refractivity contribution in [3.8, 4) is 17.2 Å². The van der Waals surface area contributed by atoms with Crippen LogP contribution in [-0.4, -0.2) is 55.7 Å². The van der Waals surface area contributed by atoms with Crippen molar-refractivity contribution in [2.75, 3.05) is 33.1 Å². The van der Waals surface area contributed by atoms with Gasteiger partial charge in [0.15, 0.2) is 11.5 Å². The number of ether oxygens (including phenoxy) is 4. The highest BCUT2D eigenvalue weighted by molar-refractivity contribution is 5.84. The minimum absolute atomic E-state index is 0.0169. The molecule has 2 aliphatic heterocycles. The Labute approximate surface area is 292 Å². The first-order valence-corrected chi connectivity index (χ1v) is 17.0. The number of ketones is 2. The van der Waals surface area contributed by atoms with E-state index in [1.165, 1.54) is 0 Å². The average Bonchev–Trinajstić information content (AvgIpc) is 3.71. The minimum Gasteiger partial charge on any atom is -0.491 e. The molecule has 0 aromatic heterocycles. The second-order valence-corrected chi connectivity index (χ2v) is 13.3. The lowest BCUT2D eigenvalue weighted by Gasteiger charge is -2.29. The summed E-state index contributed by atoms with van der Waals surface area (Å²) in [6.45, 7) is 6.93. The van der Waals surface area contributed by atoms with Crippen molar-refractivity contribution in [3.63, 3.8) is 0 Å². The van der Waals surface area contributed by atoms with E-state index < -0.39 is 18.1 Å². The van der Waals surface area contributed by atoms with Crippen molar-refractivity contribution in [3.05, 3.63) is 124 Å². The molecule has 50 heavy (non-hydrogen) atoms. The topological polar surface area (TPSA) is 74.3 Å². The zero-order chi connectivity index (χ0) is 35.4. The first-order chi connectivity index (χ1) is 24.0. The van der Waals surface area contributed by atoms with E-state index in [1.54, 1.807) is 19.1 Å². The van der Waals surface area contributed by atoms with Crippen molar-refractivity contribution in [2.45, 2.75) is 58.1 Å². The van der Waals surface area contributed by atoms with Crippen LogP contribution in [0.4, 0.5) is 8.78 Å². The number of hydrogen-bond acceptors (Lipinski definition) is 7. The largest absolute Gasteiger partial charge is 0.491 e. The molecule has 6 rings (SSSR count). The predicted molar refractivity (Wildman–Crippen MR) is 186 cm³/mol. The van der Waals surface area contributed by atoms with Gasteiger partial charge in [-0.2, -0.15) is 8.78 Å². The van der Waals surface area contributed by atoms with Gasteiger partial charge in [-0.15, -0.1) is 0 Å². The molecule has 0 unspecified atom stereocenters. The highest BCUT2D eigenvalue weighted by Gasteiger charge is 2.46. The lowest BCUT2D eigenvalue weighted by Crippen LogP contribution is -2.33. The summed E-state index contributed by atoms with van der Waals surface area (Å²) in [6.07, 6.45) is -2.92. The third kappa shape index (κ3) is 8.06. The van der Waals surface area contributed by atoms with Crippen LogP contribution in [0, 0.1) is 19.8 Å². The molecule has 4 aromatic carbocycles. The van der Waals surface area contributed by atoms with Gasteiger partial charge in [0.2, 0.25) is 6.79 Å². The Balaban J connectivity index is 1.29. The summed E-state index contributed by atoms with van der Waals surface area (Å²) in [5.74, 6) is 1.12. The van der Waals surface area contributed by atoms with Gasteiger partial charge in [0.1, 0.15) is 23.9 Å². The molecule has 7 nitrogen and oxygen atoms in total. The highest BCUT2D eigenvalue weighted by atomic mass is 19.3. The van der Waals surface area contributed by atoms with Gasteiger partial charge in [-0.1, -0.05) is 66.7 Å². The normalized spacial score (nSPS) is 18.8. The molecule has 0 bridgehead atoms. The second kappa shape index (κ2) is 15.1. The number of carbonyl (C=O) groups excluding carboxylic acids is 2. The summed E-state index contributed by atoms with van der Waals surface area (Å²) in [7, 11) is 0. The highest BCUT2D eigenvalue weighted by Crippen LogP contribution is 2.48. The van der Waals surface area contributed by atoms with Gasteiger partial charge in [0, 0.05) is 43.7 Å². The first-order valence-electron chi connectivity index (χ1n) is 17.0. The zero-order valence-electron chi connectivity index (χ0n) is 28.9. The van der Waals surface area contributed by atoms with Gasteiger partial charge < -0.3 is 18.9 Å². The van der Waals surface area contributed by atoms with Crippen molar-refractivity contribution in [1.29, 1.82) is 0 Å². The number of likely N-dealkylation sites (tertiary alicyclic amines) is 1. The van der Waals surface area contributed by atoms with Crippen LogP contribution in [0.15, 0.2) is 91.0 Å². The summed E-state index contributed by atoms with van der Waals surface area (Å²) < 4.78 is 47.4. The second-order valence-electron chi connectivity index (χ2n) is 13.3. The molecule has 0 saturated carbocycles. The number of fused-ring (bicyclic) bond motifs is 1. The molecule has 0 spiro atoms. The van der Waals surface area contributed by atoms with Crippen LogP contribution in [0.5, 0.6) is 17.2 Å². The fourth-order valence-corrected chi connectivity index (χ4v) is 7.47. The number of alkyl halides is 2. The van der Waals surface area contributed by atoms with E-state index in [2.05, 4.69) is 47.7 Å². The molecule has 9 heteroatoms. The fraction of sp³-hybridized carbons (Fsp3) is 0.366. The molecule has 2 heterocycles. The molecule has 4 aromatic rings. The van der Waals surface area contributed by atoms with E-state index in [9.17, 15) is 18.4 Å². The maximum absolute atomic E-state index is 14.3.